The highest BCUT2D eigenvalue weighted by Gasteiger charge is 2.28. The maximum atomic E-state index is 14.5. The third kappa shape index (κ3) is 4.51. The van der Waals surface area contributed by atoms with Crippen molar-refractivity contribution in [1.82, 2.24) is 14.5 Å². The number of hydrogen-bond donors (Lipinski definition) is 1. The molecule has 0 bridgehead atoms. The molecule has 3 aromatic rings. The van der Waals surface area contributed by atoms with Crippen LogP contribution in [-0.2, 0) is 13.6 Å². The van der Waals surface area contributed by atoms with Gasteiger partial charge in [0.1, 0.15) is 17.3 Å². The first-order valence-corrected chi connectivity index (χ1v) is 11.1. The van der Waals surface area contributed by atoms with Crippen molar-refractivity contribution >= 4 is 17.7 Å². The quantitative estimate of drug-likeness (QED) is 0.655. The van der Waals surface area contributed by atoms with Gasteiger partial charge in [-0.2, -0.15) is 11.8 Å². The molecule has 156 valence electrons. The summed E-state index contributed by atoms with van der Waals surface area (Å²) in [6.45, 7) is 0.399. The van der Waals surface area contributed by atoms with E-state index in [1.807, 2.05) is 23.7 Å². The number of aryl methyl sites for hydroxylation is 1. The molecule has 1 amide bonds. The van der Waals surface area contributed by atoms with Crippen LogP contribution in [0, 0.1) is 5.82 Å². The smallest absolute Gasteiger partial charge is 0.274 e. The molecule has 1 fully saturated rings. The number of amides is 1. The fourth-order valence-corrected chi connectivity index (χ4v) is 4.85. The van der Waals surface area contributed by atoms with E-state index in [1.165, 1.54) is 18.2 Å². The monoisotopic (exact) mass is 425 g/mol. The van der Waals surface area contributed by atoms with Crippen LogP contribution in [0.15, 0.2) is 55.0 Å². The fourth-order valence-electron chi connectivity index (χ4n) is 3.76. The van der Waals surface area contributed by atoms with Crippen LogP contribution < -0.4 is 0 Å². The first kappa shape index (κ1) is 20.5. The van der Waals surface area contributed by atoms with Crippen molar-refractivity contribution in [3.8, 4) is 16.9 Å². The molecule has 0 aliphatic carbocycles. The van der Waals surface area contributed by atoms with Crippen LogP contribution in [0.5, 0.6) is 5.75 Å². The van der Waals surface area contributed by atoms with Crippen LogP contribution in [-0.4, -0.2) is 43.0 Å². The van der Waals surface area contributed by atoms with E-state index in [0.717, 1.165) is 29.9 Å². The highest BCUT2D eigenvalue weighted by molar-refractivity contribution is 7.99. The molecular formula is C23H24FN3O2S. The molecule has 2 aromatic carbocycles. The average Bonchev–Trinajstić information content (AvgIpc) is 3.20. The minimum atomic E-state index is -0.332. The Kier molecular flexibility index (Phi) is 6.08. The van der Waals surface area contributed by atoms with Crippen LogP contribution in [0.3, 0.4) is 0 Å². The van der Waals surface area contributed by atoms with E-state index in [2.05, 4.69) is 4.98 Å². The van der Waals surface area contributed by atoms with Crippen molar-refractivity contribution in [2.75, 3.05) is 11.5 Å². The molecular weight excluding hydrogens is 401 g/mol. The number of phenolic OH excluding ortho intramolecular Hbond substituents is 1. The molecule has 0 atom stereocenters. The summed E-state index contributed by atoms with van der Waals surface area (Å²) < 4.78 is 16.3. The Balaban J connectivity index is 1.64. The minimum absolute atomic E-state index is 0.0944. The first-order valence-electron chi connectivity index (χ1n) is 9.96. The number of benzene rings is 2. The topological polar surface area (TPSA) is 58.4 Å². The zero-order valence-corrected chi connectivity index (χ0v) is 17.6. The van der Waals surface area contributed by atoms with E-state index in [9.17, 15) is 14.3 Å². The number of nitrogens with zero attached hydrogens (tertiary/aromatic N) is 3. The molecule has 1 aliphatic heterocycles. The normalized spacial score (nSPS) is 14.6. The van der Waals surface area contributed by atoms with E-state index in [4.69, 9.17) is 0 Å². The molecule has 1 aliphatic rings. The number of rotatable bonds is 5. The number of imidazole rings is 1. The lowest BCUT2D eigenvalue weighted by molar-refractivity contribution is 0.0643. The summed E-state index contributed by atoms with van der Waals surface area (Å²) in [4.78, 5) is 19.4. The van der Waals surface area contributed by atoms with Gasteiger partial charge in [-0.15, -0.1) is 0 Å². The van der Waals surface area contributed by atoms with Gasteiger partial charge in [0.15, 0.2) is 0 Å². The maximum Gasteiger partial charge on any atom is 0.274 e. The van der Waals surface area contributed by atoms with E-state index in [-0.39, 0.29) is 23.5 Å². The first-order chi connectivity index (χ1) is 14.5. The van der Waals surface area contributed by atoms with Gasteiger partial charge >= 0.3 is 0 Å². The average molecular weight is 426 g/mol. The molecule has 5 nitrogen and oxygen atoms in total. The molecule has 0 saturated carbocycles. The number of carbonyl (C=O) groups is 1. The summed E-state index contributed by atoms with van der Waals surface area (Å²) in [7, 11) is 1.84. The summed E-state index contributed by atoms with van der Waals surface area (Å²) in [6, 6.07) is 11.6. The van der Waals surface area contributed by atoms with Crippen molar-refractivity contribution in [1.29, 1.82) is 0 Å². The molecule has 2 heterocycles. The molecule has 0 spiro atoms. The number of phenols is 1. The summed E-state index contributed by atoms with van der Waals surface area (Å²) >= 11 is 1.91. The van der Waals surface area contributed by atoms with Crippen LogP contribution >= 0.6 is 11.8 Å². The lowest BCUT2D eigenvalue weighted by Crippen LogP contribution is -2.42. The lowest BCUT2D eigenvalue weighted by Gasteiger charge is -2.34. The van der Waals surface area contributed by atoms with Gasteiger partial charge in [0.25, 0.3) is 5.91 Å². The Morgan fingerprint density at radius 2 is 1.97 bits per heavy atom. The predicted octanol–water partition coefficient (Wildman–Crippen LogP) is 4.47. The summed E-state index contributed by atoms with van der Waals surface area (Å²) in [5.74, 6) is 1.76. The minimum Gasteiger partial charge on any atom is -0.508 e. The number of carbonyl (C=O) groups excluding carboxylic acids is 1. The number of thioether (sulfide) groups is 1. The number of aromatic nitrogens is 2. The number of hydrogen-bond acceptors (Lipinski definition) is 4. The van der Waals surface area contributed by atoms with Gasteiger partial charge in [-0.25, -0.2) is 9.37 Å². The molecule has 0 radical (unpaired) electrons. The second-order valence-electron chi connectivity index (χ2n) is 7.56. The molecule has 0 unspecified atom stereocenters. The molecule has 1 aromatic heterocycles. The van der Waals surface area contributed by atoms with Crippen molar-refractivity contribution in [3.63, 3.8) is 0 Å². The maximum absolute atomic E-state index is 14.5. The molecule has 1 N–H and O–H groups in total. The lowest BCUT2D eigenvalue weighted by atomic mass is 10.0. The van der Waals surface area contributed by atoms with Crippen LogP contribution in [0.2, 0.25) is 0 Å². The van der Waals surface area contributed by atoms with Crippen LogP contribution in [0.25, 0.3) is 11.1 Å². The van der Waals surface area contributed by atoms with Crippen LogP contribution in [0.4, 0.5) is 4.39 Å². The SMILES string of the molecule is Cn1cnc(C(=O)N(Cc2ccc(F)c(-c3ccc(O)cc3)c2)C2CCSCC2)c1. The standard InChI is InChI=1S/C23H24FN3O2S/c1-26-14-22(25-15-26)23(29)27(18-8-10-30-11-9-18)13-16-2-7-21(24)20(12-16)17-3-5-19(28)6-4-17/h2-7,12,14-15,18,28H,8-11,13H2,1H3. The fraction of sp³-hybridized carbons (Fsp3) is 0.304. The summed E-state index contributed by atoms with van der Waals surface area (Å²) in [5.41, 5.74) is 2.43. The van der Waals surface area contributed by atoms with Crippen molar-refractivity contribution in [2.45, 2.75) is 25.4 Å². The second kappa shape index (κ2) is 8.92. The van der Waals surface area contributed by atoms with E-state index >= 15 is 0 Å². The largest absolute Gasteiger partial charge is 0.508 e. The van der Waals surface area contributed by atoms with Gasteiger partial charge in [0, 0.05) is 31.4 Å². The highest BCUT2D eigenvalue weighted by atomic mass is 32.2. The molecule has 7 heteroatoms. The Morgan fingerprint density at radius 1 is 1.23 bits per heavy atom. The molecule has 4 rings (SSSR count). The van der Waals surface area contributed by atoms with Crippen LogP contribution in [0.1, 0.15) is 28.9 Å². The Bertz CT molecular complexity index is 1030. The summed E-state index contributed by atoms with van der Waals surface area (Å²) in [6.07, 6.45) is 5.24. The van der Waals surface area contributed by atoms with Gasteiger partial charge in [-0.1, -0.05) is 18.2 Å². The number of aromatic hydroxyl groups is 1. The molecule has 1 saturated heterocycles. The van der Waals surface area contributed by atoms with Gasteiger partial charge < -0.3 is 14.6 Å². The van der Waals surface area contributed by atoms with Crippen molar-refractivity contribution in [2.24, 2.45) is 7.05 Å². The third-order valence-corrected chi connectivity index (χ3v) is 6.43. The second-order valence-corrected chi connectivity index (χ2v) is 8.79. The highest BCUT2D eigenvalue weighted by Crippen LogP contribution is 2.28. The number of halogens is 1. The van der Waals surface area contributed by atoms with Crippen molar-refractivity contribution in [3.05, 3.63) is 72.1 Å². The third-order valence-electron chi connectivity index (χ3n) is 5.38. The summed E-state index contributed by atoms with van der Waals surface area (Å²) in [5, 5.41) is 9.51. The zero-order chi connectivity index (χ0) is 21.1. The van der Waals surface area contributed by atoms with Gasteiger partial charge in [-0.3, -0.25) is 4.79 Å². The van der Waals surface area contributed by atoms with Gasteiger partial charge in [-0.05, 0) is 59.7 Å². The molecule has 30 heavy (non-hydrogen) atoms. The Hall–Kier alpha value is -2.80. The van der Waals surface area contributed by atoms with Gasteiger partial charge in [0.2, 0.25) is 0 Å². The predicted molar refractivity (Wildman–Crippen MR) is 117 cm³/mol. The Morgan fingerprint density at radius 3 is 2.63 bits per heavy atom. The van der Waals surface area contributed by atoms with Gasteiger partial charge in [0.05, 0.1) is 6.33 Å². The van der Waals surface area contributed by atoms with E-state index < -0.39 is 0 Å². The van der Waals surface area contributed by atoms with E-state index in [0.29, 0.717) is 23.4 Å². The van der Waals surface area contributed by atoms with E-state index in [1.54, 1.807) is 41.4 Å². The van der Waals surface area contributed by atoms with Crippen molar-refractivity contribution < 1.29 is 14.3 Å². The Labute approximate surface area is 179 Å². The zero-order valence-electron chi connectivity index (χ0n) is 16.8.